The molecule has 3 aromatic rings. The number of hydrogen-bond acceptors (Lipinski definition) is 1. The molecule has 120 valence electrons. The van der Waals surface area contributed by atoms with Crippen molar-refractivity contribution in [3.63, 3.8) is 0 Å². The molecule has 0 bridgehead atoms. The topological polar surface area (TPSA) is 12.9 Å². The van der Waals surface area contributed by atoms with E-state index in [1.165, 1.54) is 0 Å². The van der Waals surface area contributed by atoms with Crippen LogP contribution in [0.4, 0.5) is 39.5 Å². The summed E-state index contributed by atoms with van der Waals surface area (Å²) in [5.41, 5.74) is -3.09. The van der Waals surface area contributed by atoms with Gasteiger partial charge in [0.1, 0.15) is 16.9 Å². The van der Waals surface area contributed by atoms with Gasteiger partial charge in [-0.15, -0.1) is 0 Å². The molecule has 0 aliphatic rings. The van der Waals surface area contributed by atoms with Gasteiger partial charge in [0.2, 0.25) is 0 Å². The first kappa shape index (κ1) is 15.4. The Labute approximate surface area is 120 Å². The summed E-state index contributed by atoms with van der Waals surface area (Å²) in [6.45, 7) is 0. The Morgan fingerprint density at radius 3 is 1.00 bits per heavy atom. The van der Waals surface area contributed by atoms with E-state index >= 15 is 0 Å². The first-order valence-corrected chi connectivity index (χ1v) is 5.65. The van der Waals surface area contributed by atoms with E-state index in [2.05, 4.69) is 4.98 Å². The van der Waals surface area contributed by atoms with Gasteiger partial charge in [-0.3, -0.25) is 0 Å². The Bertz CT molecular complexity index is 935. The van der Waals surface area contributed by atoms with Crippen LogP contribution in [-0.4, -0.2) is 4.98 Å². The van der Waals surface area contributed by atoms with Crippen molar-refractivity contribution in [3.05, 3.63) is 52.4 Å². The van der Waals surface area contributed by atoms with E-state index in [1.807, 2.05) is 0 Å². The first-order chi connectivity index (χ1) is 10.7. The molecule has 0 spiro atoms. The first-order valence-electron chi connectivity index (χ1n) is 5.65. The smallest absolute Gasteiger partial charge is 0.199 e. The van der Waals surface area contributed by atoms with Gasteiger partial charge in [-0.1, -0.05) is 0 Å². The number of aromatic nitrogens is 1. The number of fused-ring (bicyclic) bond motifs is 2. The highest BCUT2D eigenvalue weighted by molar-refractivity contribution is 5.95. The number of hydrogen-bond donors (Lipinski definition) is 0. The zero-order valence-corrected chi connectivity index (χ0v) is 10.3. The molecule has 1 aromatic heterocycles. The van der Waals surface area contributed by atoms with E-state index in [1.54, 1.807) is 0 Å². The molecule has 0 amide bonds. The highest BCUT2D eigenvalue weighted by Gasteiger charge is 2.30. The molecule has 3 rings (SSSR count). The summed E-state index contributed by atoms with van der Waals surface area (Å²) in [5, 5.41) is -3.34. The second-order valence-corrected chi connectivity index (χ2v) is 4.38. The number of benzene rings is 2. The third-order valence-electron chi connectivity index (χ3n) is 3.15. The number of pyridine rings is 1. The monoisotopic (exact) mass is 341 g/mol. The standard InChI is InChI=1S/C13F9N/c14-3-1-4(15)6(17)8(19)10(21)12(1)23-13-2(3)5(16)7(18)9(20)11(13)22. The molecule has 0 N–H and O–H groups in total. The van der Waals surface area contributed by atoms with Crippen LogP contribution in [0.15, 0.2) is 0 Å². The third-order valence-corrected chi connectivity index (χ3v) is 3.15. The quantitative estimate of drug-likeness (QED) is 0.251. The highest BCUT2D eigenvalue weighted by Crippen LogP contribution is 2.35. The maximum absolute atomic E-state index is 14.1. The molecule has 0 fully saturated rings. The van der Waals surface area contributed by atoms with E-state index < -0.39 is 74.2 Å². The van der Waals surface area contributed by atoms with Gasteiger partial charge in [0, 0.05) is 0 Å². The minimum absolute atomic E-state index is 1.55. The minimum Gasteiger partial charge on any atom is -0.241 e. The van der Waals surface area contributed by atoms with Crippen molar-refractivity contribution >= 4 is 21.8 Å². The average molecular weight is 341 g/mol. The van der Waals surface area contributed by atoms with Gasteiger partial charge in [-0.05, 0) is 0 Å². The van der Waals surface area contributed by atoms with Crippen LogP contribution in [0.1, 0.15) is 0 Å². The van der Waals surface area contributed by atoms with Gasteiger partial charge in [-0.25, -0.2) is 44.5 Å². The van der Waals surface area contributed by atoms with Crippen LogP contribution in [0.2, 0.25) is 0 Å². The van der Waals surface area contributed by atoms with Gasteiger partial charge in [0.15, 0.2) is 46.5 Å². The lowest BCUT2D eigenvalue weighted by Crippen LogP contribution is -2.06. The molecule has 0 atom stereocenters. The van der Waals surface area contributed by atoms with Crippen molar-refractivity contribution in [2.75, 3.05) is 0 Å². The summed E-state index contributed by atoms with van der Waals surface area (Å²) in [6.07, 6.45) is 0. The average Bonchev–Trinajstić information content (AvgIpc) is 2.53. The lowest BCUT2D eigenvalue weighted by Gasteiger charge is -2.10. The largest absolute Gasteiger partial charge is 0.241 e. The van der Waals surface area contributed by atoms with E-state index in [0.717, 1.165) is 0 Å². The summed E-state index contributed by atoms with van der Waals surface area (Å²) >= 11 is 0. The molecule has 23 heavy (non-hydrogen) atoms. The SMILES string of the molecule is Fc1c(F)c(F)c2c(F)c3c(F)c(F)c(F)c(F)c3nc2c1F. The fourth-order valence-corrected chi connectivity index (χ4v) is 2.09. The minimum atomic E-state index is -2.43. The number of rotatable bonds is 0. The van der Waals surface area contributed by atoms with Crippen molar-refractivity contribution in [1.29, 1.82) is 0 Å². The molecule has 2 aromatic carbocycles. The molecule has 0 aliphatic carbocycles. The lowest BCUT2D eigenvalue weighted by atomic mass is 10.1. The summed E-state index contributed by atoms with van der Waals surface area (Å²) in [7, 11) is 0. The summed E-state index contributed by atoms with van der Waals surface area (Å²) in [6, 6.07) is 0. The maximum atomic E-state index is 14.1. The van der Waals surface area contributed by atoms with Crippen LogP contribution in [0.5, 0.6) is 0 Å². The van der Waals surface area contributed by atoms with Crippen molar-refractivity contribution in [1.82, 2.24) is 4.98 Å². The predicted molar refractivity (Wildman–Crippen MR) is 58.9 cm³/mol. The molecule has 0 saturated heterocycles. The zero-order chi connectivity index (χ0) is 17.2. The molecule has 1 heterocycles. The Morgan fingerprint density at radius 2 is 0.652 bits per heavy atom. The Kier molecular flexibility index (Phi) is 3.17. The molecular weight excluding hydrogens is 341 g/mol. The Balaban J connectivity index is 2.73. The van der Waals surface area contributed by atoms with Crippen molar-refractivity contribution in [2.45, 2.75) is 0 Å². The van der Waals surface area contributed by atoms with Crippen LogP contribution in [-0.2, 0) is 0 Å². The highest BCUT2D eigenvalue weighted by atomic mass is 19.2. The van der Waals surface area contributed by atoms with Gasteiger partial charge in [0.05, 0.1) is 10.8 Å². The van der Waals surface area contributed by atoms with Crippen molar-refractivity contribution < 1.29 is 39.5 Å². The number of halogens is 9. The second-order valence-electron chi connectivity index (χ2n) is 4.38. The van der Waals surface area contributed by atoms with E-state index in [9.17, 15) is 39.5 Å². The Hall–Kier alpha value is -2.52. The van der Waals surface area contributed by atoms with Gasteiger partial charge < -0.3 is 0 Å². The fraction of sp³-hybridized carbons (Fsp3) is 0. The molecule has 0 unspecified atom stereocenters. The molecular formula is C13F9N. The van der Waals surface area contributed by atoms with Crippen LogP contribution >= 0.6 is 0 Å². The third kappa shape index (κ3) is 1.80. The van der Waals surface area contributed by atoms with Crippen LogP contribution in [0, 0.1) is 52.4 Å². The zero-order valence-electron chi connectivity index (χ0n) is 10.3. The second kappa shape index (κ2) is 4.74. The van der Waals surface area contributed by atoms with Gasteiger partial charge >= 0.3 is 0 Å². The molecule has 0 radical (unpaired) electrons. The Morgan fingerprint density at radius 1 is 0.348 bits per heavy atom. The molecule has 10 heteroatoms. The normalized spacial score (nSPS) is 11.7. The summed E-state index contributed by atoms with van der Waals surface area (Å²) in [4.78, 5) is 2.88. The predicted octanol–water partition coefficient (Wildman–Crippen LogP) is 4.64. The van der Waals surface area contributed by atoms with Crippen molar-refractivity contribution in [2.24, 2.45) is 0 Å². The van der Waals surface area contributed by atoms with Crippen LogP contribution in [0.3, 0.4) is 0 Å². The fourth-order valence-electron chi connectivity index (χ4n) is 2.09. The van der Waals surface area contributed by atoms with Crippen LogP contribution in [0.25, 0.3) is 21.8 Å². The van der Waals surface area contributed by atoms with E-state index in [0.29, 0.717) is 0 Å². The van der Waals surface area contributed by atoms with Crippen molar-refractivity contribution in [3.8, 4) is 0 Å². The van der Waals surface area contributed by atoms with E-state index in [-0.39, 0.29) is 0 Å². The lowest BCUT2D eigenvalue weighted by molar-refractivity contribution is 0.411. The molecule has 0 saturated carbocycles. The van der Waals surface area contributed by atoms with E-state index in [4.69, 9.17) is 0 Å². The summed E-state index contributed by atoms with van der Waals surface area (Å²) < 4.78 is 121. The van der Waals surface area contributed by atoms with Gasteiger partial charge in [0.25, 0.3) is 0 Å². The van der Waals surface area contributed by atoms with Crippen LogP contribution < -0.4 is 0 Å². The maximum Gasteiger partial charge on any atom is 0.199 e. The number of nitrogens with zero attached hydrogens (tertiary/aromatic N) is 1. The molecule has 0 aliphatic heterocycles. The van der Waals surface area contributed by atoms with Gasteiger partial charge in [-0.2, -0.15) is 0 Å². The molecule has 1 nitrogen and oxygen atoms in total. The summed E-state index contributed by atoms with van der Waals surface area (Å²) in [5.74, 6) is -20.8.